The van der Waals surface area contributed by atoms with E-state index in [2.05, 4.69) is 29.6 Å². The summed E-state index contributed by atoms with van der Waals surface area (Å²) in [6.45, 7) is 2.09. The summed E-state index contributed by atoms with van der Waals surface area (Å²) < 4.78 is 0. The maximum atomic E-state index is 11.9. The summed E-state index contributed by atoms with van der Waals surface area (Å²) in [6.07, 6.45) is 3.57. The van der Waals surface area contributed by atoms with Gasteiger partial charge in [-0.25, -0.2) is 5.43 Å². The van der Waals surface area contributed by atoms with Crippen LogP contribution in [0.4, 0.5) is 0 Å². The predicted molar refractivity (Wildman–Crippen MR) is 88.0 cm³/mol. The van der Waals surface area contributed by atoms with Crippen LogP contribution in [0.3, 0.4) is 0 Å². The minimum absolute atomic E-state index is 0.0495. The Morgan fingerprint density at radius 3 is 2.55 bits per heavy atom. The highest BCUT2D eigenvalue weighted by Crippen LogP contribution is 2.15. The van der Waals surface area contributed by atoms with E-state index >= 15 is 0 Å². The third kappa shape index (κ3) is 4.45. The van der Waals surface area contributed by atoms with Crippen molar-refractivity contribution in [2.24, 2.45) is 11.0 Å². The predicted octanol–water partition coefficient (Wildman–Crippen LogP) is 3.38. The number of para-hydroxylation sites is 1. The molecule has 4 heteroatoms. The summed E-state index contributed by atoms with van der Waals surface area (Å²) in [7, 11) is 0. The SMILES string of the molecule is CC[C@@H](/C=N\NC(=O)c1ccccc1O)Cc1ccccc1. The lowest BCUT2D eigenvalue weighted by Crippen LogP contribution is -2.19. The fourth-order valence-electron chi connectivity index (χ4n) is 2.15. The van der Waals surface area contributed by atoms with Crippen molar-refractivity contribution in [3.05, 3.63) is 65.7 Å². The molecule has 0 spiro atoms. The number of phenols is 1. The van der Waals surface area contributed by atoms with E-state index in [1.807, 2.05) is 18.2 Å². The van der Waals surface area contributed by atoms with Gasteiger partial charge in [-0.1, -0.05) is 49.4 Å². The zero-order valence-corrected chi connectivity index (χ0v) is 12.6. The fraction of sp³-hybridized carbons (Fsp3) is 0.222. The Morgan fingerprint density at radius 1 is 1.18 bits per heavy atom. The second kappa shape index (κ2) is 7.98. The summed E-state index contributed by atoms with van der Waals surface area (Å²) >= 11 is 0. The van der Waals surface area contributed by atoms with Crippen molar-refractivity contribution in [1.82, 2.24) is 5.43 Å². The molecule has 0 aliphatic carbocycles. The van der Waals surface area contributed by atoms with Crippen molar-refractivity contribution in [2.45, 2.75) is 19.8 Å². The van der Waals surface area contributed by atoms with E-state index in [1.54, 1.807) is 24.4 Å². The highest BCUT2D eigenvalue weighted by atomic mass is 16.3. The number of phenolic OH excluding ortho intramolecular Hbond substituents is 1. The molecule has 0 saturated carbocycles. The van der Waals surface area contributed by atoms with Crippen LogP contribution < -0.4 is 5.43 Å². The van der Waals surface area contributed by atoms with Crippen LogP contribution in [0.5, 0.6) is 5.75 Å². The molecule has 22 heavy (non-hydrogen) atoms. The molecule has 0 heterocycles. The molecule has 0 aliphatic heterocycles. The van der Waals surface area contributed by atoms with E-state index in [0.717, 1.165) is 12.8 Å². The van der Waals surface area contributed by atoms with Gasteiger partial charge in [0.1, 0.15) is 5.75 Å². The molecule has 1 amide bonds. The van der Waals surface area contributed by atoms with Gasteiger partial charge in [-0.15, -0.1) is 0 Å². The van der Waals surface area contributed by atoms with Crippen LogP contribution in [0.15, 0.2) is 59.7 Å². The number of rotatable bonds is 6. The number of aromatic hydroxyl groups is 1. The lowest BCUT2D eigenvalue weighted by molar-refractivity contribution is 0.0952. The molecule has 0 saturated heterocycles. The number of carbonyl (C=O) groups excluding carboxylic acids is 1. The molecule has 4 nitrogen and oxygen atoms in total. The van der Waals surface area contributed by atoms with Crippen LogP contribution in [0.25, 0.3) is 0 Å². The molecule has 0 unspecified atom stereocenters. The second-order valence-corrected chi connectivity index (χ2v) is 5.09. The van der Waals surface area contributed by atoms with E-state index in [0.29, 0.717) is 0 Å². The number of hydrogen-bond acceptors (Lipinski definition) is 3. The minimum Gasteiger partial charge on any atom is -0.507 e. The zero-order chi connectivity index (χ0) is 15.8. The van der Waals surface area contributed by atoms with Crippen molar-refractivity contribution >= 4 is 12.1 Å². The van der Waals surface area contributed by atoms with E-state index < -0.39 is 5.91 Å². The molecular weight excluding hydrogens is 276 g/mol. The lowest BCUT2D eigenvalue weighted by atomic mass is 9.98. The monoisotopic (exact) mass is 296 g/mol. The van der Waals surface area contributed by atoms with Crippen molar-refractivity contribution in [3.63, 3.8) is 0 Å². The Balaban J connectivity index is 1.93. The van der Waals surface area contributed by atoms with Crippen LogP contribution in [-0.2, 0) is 6.42 Å². The highest BCUT2D eigenvalue weighted by Gasteiger charge is 2.09. The van der Waals surface area contributed by atoms with Crippen LogP contribution in [0, 0.1) is 5.92 Å². The molecule has 1 atom stereocenters. The Bertz CT molecular complexity index is 639. The molecule has 2 rings (SSSR count). The lowest BCUT2D eigenvalue weighted by Gasteiger charge is -2.09. The molecule has 2 N–H and O–H groups in total. The smallest absolute Gasteiger partial charge is 0.275 e. The Hall–Kier alpha value is -2.62. The molecule has 0 radical (unpaired) electrons. The van der Waals surface area contributed by atoms with E-state index in [4.69, 9.17) is 0 Å². The third-order valence-corrected chi connectivity index (χ3v) is 3.47. The molecular formula is C18H20N2O2. The van der Waals surface area contributed by atoms with Crippen LogP contribution in [0.1, 0.15) is 29.3 Å². The summed E-state index contributed by atoms with van der Waals surface area (Å²) in [5.41, 5.74) is 3.92. The topological polar surface area (TPSA) is 61.7 Å². The average Bonchev–Trinajstić information content (AvgIpc) is 2.55. The Labute approximate surface area is 130 Å². The van der Waals surface area contributed by atoms with E-state index in [-0.39, 0.29) is 17.2 Å². The minimum atomic E-state index is -0.413. The first-order valence-electron chi connectivity index (χ1n) is 7.36. The summed E-state index contributed by atoms with van der Waals surface area (Å²) in [5.74, 6) is -0.206. The molecule has 0 aliphatic rings. The fourth-order valence-corrected chi connectivity index (χ4v) is 2.15. The first-order chi connectivity index (χ1) is 10.7. The zero-order valence-electron chi connectivity index (χ0n) is 12.6. The van der Waals surface area contributed by atoms with Gasteiger partial charge in [-0.05, 0) is 36.5 Å². The number of nitrogens with zero attached hydrogens (tertiary/aromatic N) is 1. The van der Waals surface area contributed by atoms with Gasteiger partial charge < -0.3 is 5.11 Å². The summed E-state index contributed by atoms with van der Waals surface area (Å²) in [5, 5.41) is 13.6. The maximum Gasteiger partial charge on any atom is 0.275 e. The standard InChI is InChI=1S/C18H20N2O2/c1-2-14(12-15-8-4-3-5-9-15)13-19-20-18(22)16-10-6-7-11-17(16)21/h3-11,13-14,21H,2,12H2,1H3,(H,20,22)/b19-13-/t14-/m1/s1. The molecule has 0 fully saturated rings. The highest BCUT2D eigenvalue weighted by molar-refractivity contribution is 5.96. The van der Waals surface area contributed by atoms with Gasteiger partial charge in [0.05, 0.1) is 5.56 Å². The van der Waals surface area contributed by atoms with Crippen molar-refractivity contribution < 1.29 is 9.90 Å². The second-order valence-electron chi connectivity index (χ2n) is 5.09. The molecule has 2 aromatic carbocycles. The molecule has 2 aromatic rings. The van der Waals surface area contributed by atoms with Crippen molar-refractivity contribution in [2.75, 3.05) is 0 Å². The van der Waals surface area contributed by atoms with Gasteiger partial charge in [0.15, 0.2) is 0 Å². The quantitative estimate of drug-likeness (QED) is 0.634. The first kappa shape index (κ1) is 15.8. The average molecular weight is 296 g/mol. The number of carbonyl (C=O) groups is 1. The summed E-state index contributed by atoms with van der Waals surface area (Å²) in [6, 6.07) is 16.6. The number of nitrogens with one attached hydrogen (secondary N) is 1. The molecule has 114 valence electrons. The van der Waals surface area contributed by atoms with Gasteiger partial charge in [0.25, 0.3) is 5.91 Å². The van der Waals surface area contributed by atoms with Crippen molar-refractivity contribution in [1.29, 1.82) is 0 Å². The first-order valence-corrected chi connectivity index (χ1v) is 7.36. The van der Waals surface area contributed by atoms with Crippen molar-refractivity contribution in [3.8, 4) is 5.75 Å². The normalized spacial score (nSPS) is 12.2. The molecule has 0 bridgehead atoms. The number of hydrogen-bond donors (Lipinski definition) is 2. The van der Waals surface area contributed by atoms with Gasteiger partial charge in [0.2, 0.25) is 0 Å². The van der Waals surface area contributed by atoms with Crippen LogP contribution in [-0.4, -0.2) is 17.2 Å². The van der Waals surface area contributed by atoms with Crippen LogP contribution >= 0.6 is 0 Å². The van der Waals surface area contributed by atoms with Gasteiger partial charge in [0, 0.05) is 6.21 Å². The Morgan fingerprint density at radius 2 is 1.86 bits per heavy atom. The van der Waals surface area contributed by atoms with E-state index in [9.17, 15) is 9.90 Å². The third-order valence-electron chi connectivity index (χ3n) is 3.47. The Kier molecular flexibility index (Phi) is 5.72. The number of benzene rings is 2. The van der Waals surface area contributed by atoms with E-state index in [1.165, 1.54) is 11.6 Å². The van der Waals surface area contributed by atoms with Crippen LogP contribution in [0.2, 0.25) is 0 Å². The van der Waals surface area contributed by atoms with Gasteiger partial charge in [-0.3, -0.25) is 4.79 Å². The number of hydrazone groups is 1. The van der Waals surface area contributed by atoms with Gasteiger partial charge in [-0.2, -0.15) is 5.10 Å². The largest absolute Gasteiger partial charge is 0.507 e. The molecule has 0 aromatic heterocycles. The van der Waals surface area contributed by atoms with Gasteiger partial charge >= 0.3 is 0 Å². The maximum absolute atomic E-state index is 11.9. The number of amides is 1. The summed E-state index contributed by atoms with van der Waals surface area (Å²) in [4.78, 5) is 11.9.